The zero-order chi connectivity index (χ0) is 25.1. The average molecular weight is 501 g/mol. The zero-order valence-corrected chi connectivity index (χ0v) is 19.1. The van der Waals surface area contributed by atoms with E-state index in [2.05, 4.69) is 30.3 Å². The first-order valence-electron chi connectivity index (χ1n) is 11.7. The first-order valence-corrected chi connectivity index (χ1v) is 11.7. The predicted octanol–water partition coefficient (Wildman–Crippen LogP) is 5.61. The Bertz CT molecular complexity index is 1440. The monoisotopic (exact) mass is 501 g/mol. The predicted molar refractivity (Wildman–Crippen MR) is 126 cm³/mol. The van der Waals surface area contributed by atoms with Crippen molar-refractivity contribution in [2.24, 2.45) is 0 Å². The number of hydrogen-bond acceptors (Lipinski definition) is 7. The quantitative estimate of drug-likeness (QED) is 0.223. The molecule has 0 spiro atoms. The standard InChI is InChI=1S/C24H23F4N7O/c25-16-8-13(15-10-35(14-3-4-14)22-20(15)21(29)32-12-33-22)2-5-17(16)30-11-31-19-9-18(34-36-19)23(6-1-7-23)24(26,27)28/h2,5,8-10,12,14,30-31H,1,3-4,6-7,11H2,(H2,29,32,33). The van der Waals surface area contributed by atoms with Gasteiger partial charge in [-0.25, -0.2) is 14.4 Å². The lowest BCUT2D eigenvalue weighted by atomic mass is 9.66. The smallest absolute Gasteiger partial charge is 0.383 e. The van der Waals surface area contributed by atoms with E-state index >= 15 is 0 Å². The summed E-state index contributed by atoms with van der Waals surface area (Å²) in [6.07, 6.45) is 1.58. The summed E-state index contributed by atoms with van der Waals surface area (Å²) < 4.78 is 62.6. The van der Waals surface area contributed by atoms with Crippen LogP contribution in [0.5, 0.6) is 0 Å². The van der Waals surface area contributed by atoms with Crippen LogP contribution in [0.25, 0.3) is 22.2 Å². The number of nitrogens with zero attached hydrogens (tertiary/aromatic N) is 4. The number of aromatic nitrogens is 4. The molecule has 0 aliphatic heterocycles. The molecule has 2 aliphatic carbocycles. The maximum atomic E-state index is 15.0. The van der Waals surface area contributed by atoms with Crippen molar-refractivity contribution in [2.75, 3.05) is 23.0 Å². The first-order chi connectivity index (χ1) is 17.3. The van der Waals surface area contributed by atoms with E-state index in [4.69, 9.17) is 10.3 Å². The number of fused-ring (bicyclic) bond motifs is 1. The number of nitrogen functional groups attached to an aromatic ring is 1. The summed E-state index contributed by atoms with van der Waals surface area (Å²) in [6.45, 7) is 0.0195. The van der Waals surface area contributed by atoms with Gasteiger partial charge in [0.15, 0.2) is 0 Å². The van der Waals surface area contributed by atoms with Gasteiger partial charge >= 0.3 is 6.18 Å². The molecule has 2 aliphatic rings. The third kappa shape index (κ3) is 3.62. The van der Waals surface area contributed by atoms with Crippen molar-refractivity contribution in [3.8, 4) is 11.1 Å². The number of rotatable bonds is 7. The Kier molecular flexibility index (Phi) is 5.09. The highest BCUT2D eigenvalue weighted by molar-refractivity contribution is 6.00. The molecular formula is C24H23F4N7O. The molecule has 3 aromatic heterocycles. The number of hydrogen-bond donors (Lipinski definition) is 3. The maximum Gasteiger partial charge on any atom is 0.400 e. The van der Waals surface area contributed by atoms with Crippen LogP contribution in [-0.4, -0.2) is 32.5 Å². The molecular weight excluding hydrogens is 478 g/mol. The van der Waals surface area contributed by atoms with Gasteiger partial charge in [-0.3, -0.25) is 0 Å². The molecule has 188 valence electrons. The topological polar surface area (TPSA) is 107 Å². The van der Waals surface area contributed by atoms with E-state index in [1.807, 2.05) is 6.20 Å². The van der Waals surface area contributed by atoms with Crippen molar-refractivity contribution in [3.05, 3.63) is 48.3 Å². The maximum absolute atomic E-state index is 15.0. The van der Waals surface area contributed by atoms with E-state index < -0.39 is 17.4 Å². The van der Waals surface area contributed by atoms with E-state index in [-0.39, 0.29) is 36.8 Å². The normalized spacial score (nSPS) is 17.2. The fraction of sp³-hybridized carbons (Fsp3) is 0.375. The molecule has 2 fully saturated rings. The highest BCUT2D eigenvalue weighted by atomic mass is 19.4. The fourth-order valence-electron chi connectivity index (χ4n) is 4.81. The van der Waals surface area contributed by atoms with Gasteiger partial charge in [-0.15, -0.1) is 0 Å². The molecule has 0 bridgehead atoms. The summed E-state index contributed by atoms with van der Waals surface area (Å²) in [5, 5.41) is 10.0. The van der Waals surface area contributed by atoms with Gasteiger partial charge in [-0.05, 0) is 43.4 Å². The second-order valence-corrected chi connectivity index (χ2v) is 9.37. The summed E-state index contributed by atoms with van der Waals surface area (Å²) in [7, 11) is 0. The van der Waals surface area contributed by atoms with E-state index in [0.717, 1.165) is 24.1 Å². The molecule has 3 heterocycles. The number of alkyl halides is 3. The van der Waals surface area contributed by atoms with Gasteiger partial charge in [-0.1, -0.05) is 17.6 Å². The summed E-state index contributed by atoms with van der Waals surface area (Å²) in [6, 6.07) is 6.37. The van der Waals surface area contributed by atoms with E-state index in [0.29, 0.717) is 29.2 Å². The van der Waals surface area contributed by atoms with Crippen LogP contribution in [0.2, 0.25) is 0 Å². The second-order valence-electron chi connectivity index (χ2n) is 9.37. The number of halogens is 4. The molecule has 4 aromatic rings. The zero-order valence-electron chi connectivity index (χ0n) is 19.1. The highest BCUT2D eigenvalue weighted by Gasteiger charge is 2.61. The second kappa shape index (κ2) is 8.10. The van der Waals surface area contributed by atoms with Crippen LogP contribution in [0.15, 0.2) is 41.3 Å². The third-order valence-electron chi connectivity index (χ3n) is 7.15. The summed E-state index contributed by atoms with van der Waals surface area (Å²) in [5.41, 5.74) is 6.38. The molecule has 8 nitrogen and oxygen atoms in total. The third-order valence-corrected chi connectivity index (χ3v) is 7.15. The van der Waals surface area contributed by atoms with Gasteiger partial charge in [0.1, 0.15) is 34.7 Å². The highest BCUT2D eigenvalue weighted by Crippen LogP contribution is 2.54. The Morgan fingerprint density at radius 2 is 1.94 bits per heavy atom. The SMILES string of the molecule is Nc1ncnc2c1c(-c1ccc(NCNc3cc(C4(C(F)(F)F)CCC4)no3)c(F)c1)cn2C1CC1. The van der Waals surface area contributed by atoms with Crippen LogP contribution in [0.1, 0.15) is 43.8 Å². The molecule has 0 unspecified atom stereocenters. The van der Waals surface area contributed by atoms with Crippen molar-refractivity contribution in [3.63, 3.8) is 0 Å². The number of benzene rings is 1. The van der Waals surface area contributed by atoms with E-state index in [9.17, 15) is 17.6 Å². The minimum absolute atomic E-state index is 0.00458. The number of anilines is 3. The van der Waals surface area contributed by atoms with Gasteiger partial charge in [0.05, 0.1) is 17.7 Å². The van der Waals surface area contributed by atoms with Crippen molar-refractivity contribution in [1.82, 2.24) is 19.7 Å². The lowest BCUT2D eigenvalue weighted by Gasteiger charge is -2.41. The van der Waals surface area contributed by atoms with Crippen LogP contribution < -0.4 is 16.4 Å². The molecule has 0 amide bonds. The van der Waals surface area contributed by atoms with Gasteiger partial charge in [0, 0.05) is 23.9 Å². The molecule has 0 atom stereocenters. The minimum Gasteiger partial charge on any atom is -0.383 e. The van der Waals surface area contributed by atoms with Crippen molar-refractivity contribution in [1.29, 1.82) is 0 Å². The van der Waals surface area contributed by atoms with Crippen molar-refractivity contribution >= 4 is 28.4 Å². The van der Waals surface area contributed by atoms with Crippen molar-refractivity contribution in [2.45, 2.75) is 49.7 Å². The van der Waals surface area contributed by atoms with Gasteiger partial charge in [0.2, 0.25) is 5.88 Å². The van der Waals surface area contributed by atoms with Crippen LogP contribution in [0.3, 0.4) is 0 Å². The van der Waals surface area contributed by atoms with E-state index in [1.165, 1.54) is 18.5 Å². The lowest BCUT2D eigenvalue weighted by molar-refractivity contribution is -0.214. The molecule has 36 heavy (non-hydrogen) atoms. The van der Waals surface area contributed by atoms with Gasteiger partial charge in [0.25, 0.3) is 0 Å². The van der Waals surface area contributed by atoms with Gasteiger partial charge in [-0.2, -0.15) is 13.2 Å². The summed E-state index contributed by atoms with van der Waals surface area (Å²) >= 11 is 0. The van der Waals surface area contributed by atoms with E-state index in [1.54, 1.807) is 12.1 Å². The fourth-order valence-corrected chi connectivity index (χ4v) is 4.81. The molecule has 12 heteroatoms. The Labute approximate surface area is 202 Å². The molecule has 2 saturated carbocycles. The Balaban J connectivity index is 1.17. The summed E-state index contributed by atoms with van der Waals surface area (Å²) in [5.74, 6) is -0.0870. The average Bonchev–Trinajstić information content (AvgIpc) is 3.40. The van der Waals surface area contributed by atoms with Crippen LogP contribution in [0, 0.1) is 5.82 Å². The Morgan fingerprint density at radius 3 is 2.61 bits per heavy atom. The number of nitrogens with two attached hydrogens (primary N) is 1. The van der Waals surface area contributed by atoms with Crippen LogP contribution in [0.4, 0.5) is 35.0 Å². The molecule has 0 saturated heterocycles. The molecule has 6 rings (SSSR count). The molecule has 0 radical (unpaired) electrons. The Morgan fingerprint density at radius 1 is 1.14 bits per heavy atom. The Hall–Kier alpha value is -3.83. The van der Waals surface area contributed by atoms with Crippen LogP contribution in [-0.2, 0) is 5.41 Å². The minimum atomic E-state index is -4.38. The summed E-state index contributed by atoms with van der Waals surface area (Å²) in [4.78, 5) is 8.48. The molecule has 4 N–H and O–H groups in total. The lowest BCUT2D eigenvalue weighted by Crippen LogP contribution is -2.48. The number of nitrogens with one attached hydrogen (secondary N) is 2. The largest absolute Gasteiger partial charge is 0.400 e. The van der Waals surface area contributed by atoms with Crippen molar-refractivity contribution < 1.29 is 22.1 Å². The van der Waals surface area contributed by atoms with Crippen LogP contribution >= 0.6 is 0 Å². The van der Waals surface area contributed by atoms with Gasteiger partial charge < -0.3 is 25.5 Å². The molecule has 1 aromatic carbocycles. The first kappa shape index (κ1) is 22.6.